The smallest absolute Gasteiger partial charge is 0.341 e. The number of anilines is 1. The number of carboxylic acid groups (broad SMARTS) is 1. The number of nitrogens with zero attached hydrogens (tertiary/aromatic N) is 2. The summed E-state index contributed by atoms with van der Waals surface area (Å²) in [5.74, 6) is -3.59. The van der Waals surface area contributed by atoms with Crippen LogP contribution in [0.1, 0.15) is 36.2 Å². The number of morpholine rings is 1. The second-order valence-electron chi connectivity index (χ2n) is 7.59. The van der Waals surface area contributed by atoms with E-state index in [1.165, 1.54) is 16.4 Å². The molecule has 0 spiro atoms. The second-order valence-corrected chi connectivity index (χ2v) is 7.59. The SMILES string of the molecule is CC(=O)NCC1COCCN1c1c(F)cc2c(=O)c(C(=O)O)cn(C3CC3)c2c1F. The zero-order valence-electron chi connectivity index (χ0n) is 16.3. The van der Waals surface area contributed by atoms with E-state index >= 15 is 8.78 Å². The molecule has 1 aromatic heterocycles. The number of carboxylic acids is 1. The summed E-state index contributed by atoms with van der Waals surface area (Å²) in [5, 5.41) is 11.7. The van der Waals surface area contributed by atoms with Crippen LogP contribution in [0.4, 0.5) is 14.5 Å². The van der Waals surface area contributed by atoms with E-state index in [2.05, 4.69) is 5.32 Å². The highest BCUT2D eigenvalue weighted by Crippen LogP contribution is 2.40. The summed E-state index contributed by atoms with van der Waals surface area (Å²) >= 11 is 0. The molecule has 2 heterocycles. The lowest BCUT2D eigenvalue weighted by Crippen LogP contribution is -2.51. The van der Waals surface area contributed by atoms with Crippen LogP contribution in [0.15, 0.2) is 17.1 Å². The molecule has 2 aromatic rings. The van der Waals surface area contributed by atoms with E-state index in [0.717, 1.165) is 12.3 Å². The maximum absolute atomic E-state index is 15.7. The normalized spacial score (nSPS) is 19.2. The van der Waals surface area contributed by atoms with Crippen molar-refractivity contribution in [3.8, 4) is 0 Å². The Bertz CT molecular complexity index is 1100. The molecule has 0 bridgehead atoms. The predicted octanol–water partition coefficient (Wildman–Crippen LogP) is 1.65. The van der Waals surface area contributed by atoms with Crippen LogP contribution in [-0.4, -0.2) is 53.9 Å². The van der Waals surface area contributed by atoms with Crippen molar-refractivity contribution in [1.82, 2.24) is 9.88 Å². The Balaban J connectivity index is 1.90. The van der Waals surface area contributed by atoms with Crippen LogP contribution < -0.4 is 15.6 Å². The van der Waals surface area contributed by atoms with Gasteiger partial charge in [-0.3, -0.25) is 9.59 Å². The lowest BCUT2D eigenvalue weighted by Gasteiger charge is -2.38. The molecule has 160 valence electrons. The highest BCUT2D eigenvalue weighted by Gasteiger charge is 2.33. The third-order valence-electron chi connectivity index (χ3n) is 5.46. The van der Waals surface area contributed by atoms with Gasteiger partial charge in [-0.2, -0.15) is 0 Å². The Morgan fingerprint density at radius 2 is 2.07 bits per heavy atom. The Morgan fingerprint density at radius 1 is 1.33 bits per heavy atom. The average molecular weight is 421 g/mol. The highest BCUT2D eigenvalue weighted by molar-refractivity contribution is 5.94. The van der Waals surface area contributed by atoms with Crippen molar-refractivity contribution in [2.45, 2.75) is 31.8 Å². The van der Waals surface area contributed by atoms with Gasteiger partial charge in [0.2, 0.25) is 11.3 Å². The number of pyridine rings is 1. The van der Waals surface area contributed by atoms with E-state index in [0.29, 0.717) is 12.8 Å². The molecule has 1 aliphatic heterocycles. The number of amides is 1. The highest BCUT2D eigenvalue weighted by atomic mass is 19.1. The first-order valence-corrected chi connectivity index (χ1v) is 9.68. The molecule has 1 unspecified atom stereocenters. The van der Waals surface area contributed by atoms with Gasteiger partial charge >= 0.3 is 5.97 Å². The molecule has 30 heavy (non-hydrogen) atoms. The summed E-state index contributed by atoms with van der Waals surface area (Å²) in [5.41, 5.74) is -1.85. The summed E-state index contributed by atoms with van der Waals surface area (Å²) in [7, 11) is 0. The van der Waals surface area contributed by atoms with Crippen molar-refractivity contribution >= 4 is 28.5 Å². The first-order chi connectivity index (χ1) is 14.3. The maximum atomic E-state index is 15.7. The zero-order chi connectivity index (χ0) is 21.6. The topological polar surface area (TPSA) is 101 Å². The molecule has 4 rings (SSSR count). The molecule has 1 atom stereocenters. The number of fused-ring (bicyclic) bond motifs is 1. The number of benzene rings is 1. The Labute approximate surface area is 170 Å². The summed E-state index contributed by atoms with van der Waals surface area (Å²) in [6.07, 6.45) is 2.57. The summed E-state index contributed by atoms with van der Waals surface area (Å²) in [6, 6.07) is 0.272. The summed E-state index contributed by atoms with van der Waals surface area (Å²) in [4.78, 5) is 36.8. The van der Waals surface area contributed by atoms with Crippen molar-refractivity contribution in [2.24, 2.45) is 0 Å². The van der Waals surface area contributed by atoms with Crippen molar-refractivity contribution in [1.29, 1.82) is 0 Å². The van der Waals surface area contributed by atoms with Crippen LogP contribution in [0.2, 0.25) is 0 Å². The lowest BCUT2D eigenvalue weighted by atomic mass is 10.1. The quantitative estimate of drug-likeness (QED) is 0.762. The van der Waals surface area contributed by atoms with E-state index in [1.807, 2.05) is 0 Å². The number of aromatic carboxylic acids is 1. The molecular formula is C20H21F2N3O5. The van der Waals surface area contributed by atoms with Gasteiger partial charge in [0.05, 0.1) is 30.2 Å². The molecule has 2 aliphatic rings. The minimum atomic E-state index is -1.44. The molecule has 10 heteroatoms. The molecule has 8 nitrogen and oxygen atoms in total. The van der Waals surface area contributed by atoms with Crippen LogP contribution in [-0.2, 0) is 9.53 Å². The molecule has 0 radical (unpaired) electrons. The summed E-state index contributed by atoms with van der Waals surface area (Å²) in [6.45, 7) is 2.11. The molecule has 1 amide bonds. The zero-order valence-corrected chi connectivity index (χ0v) is 16.3. The maximum Gasteiger partial charge on any atom is 0.341 e. The number of nitrogens with one attached hydrogen (secondary N) is 1. The second kappa shape index (κ2) is 7.67. The number of halogens is 2. The average Bonchev–Trinajstić information content (AvgIpc) is 3.53. The van der Waals surface area contributed by atoms with Gasteiger partial charge in [-0.1, -0.05) is 0 Å². The summed E-state index contributed by atoms with van der Waals surface area (Å²) < 4.78 is 37.7. The first kappa shape index (κ1) is 20.3. The van der Waals surface area contributed by atoms with Crippen molar-refractivity contribution in [2.75, 3.05) is 31.2 Å². The molecule has 2 N–H and O–H groups in total. The molecule has 1 saturated heterocycles. The fourth-order valence-corrected chi connectivity index (χ4v) is 3.87. The number of ether oxygens (including phenoxy) is 1. The third-order valence-corrected chi connectivity index (χ3v) is 5.46. The fourth-order valence-electron chi connectivity index (χ4n) is 3.87. The van der Waals surface area contributed by atoms with E-state index < -0.39 is 34.6 Å². The third kappa shape index (κ3) is 3.51. The van der Waals surface area contributed by atoms with Crippen LogP contribution in [0.3, 0.4) is 0 Å². The van der Waals surface area contributed by atoms with Gasteiger partial charge in [0.1, 0.15) is 17.1 Å². The number of hydrogen-bond donors (Lipinski definition) is 2. The number of rotatable bonds is 5. The molecule has 1 saturated carbocycles. The van der Waals surface area contributed by atoms with Crippen molar-refractivity contribution in [3.63, 3.8) is 0 Å². The van der Waals surface area contributed by atoms with Gasteiger partial charge < -0.3 is 24.6 Å². The first-order valence-electron chi connectivity index (χ1n) is 9.68. The van der Waals surface area contributed by atoms with E-state index in [1.54, 1.807) is 0 Å². The molecular weight excluding hydrogens is 400 g/mol. The van der Waals surface area contributed by atoms with Crippen LogP contribution >= 0.6 is 0 Å². The van der Waals surface area contributed by atoms with E-state index in [9.17, 15) is 19.5 Å². The minimum Gasteiger partial charge on any atom is -0.477 e. The largest absolute Gasteiger partial charge is 0.477 e. The number of carbonyl (C=O) groups is 2. The molecule has 2 fully saturated rings. The Hall–Kier alpha value is -3.01. The number of aromatic nitrogens is 1. The van der Waals surface area contributed by atoms with Crippen LogP contribution in [0, 0.1) is 11.6 Å². The van der Waals surface area contributed by atoms with Gasteiger partial charge in [0.15, 0.2) is 5.82 Å². The van der Waals surface area contributed by atoms with Crippen LogP contribution in [0.5, 0.6) is 0 Å². The lowest BCUT2D eigenvalue weighted by molar-refractivity contribution is -0.119. The predicted molar refractivity (Wildman–Crippen MR) is 104 cm³/mol. The van der Waals surface area contributed by atoms with Crippen molar-refractivity contribution < 1.29 is 28.2 Å². The van der Waals surface area contributed by atoms with Gasteiger partial charge in [-0.15, -0.1) is 0 Å². The van der Waals surface area contributed by atoms with Gasteiger partial charge in [-0.25, -0.2) is 13.6 Å². The minimum absolute atomic E-state index is 0.103. The monoisotopic (exact) mass is 421 g/mol. The molecule has 1 aliphatic carbocycles. The van der Waals surface area contributed by atoms with Crippen LogP contribution in [0.25, 0.3) is 10.9 Å². The Morgan fingerprint density at radius 3 is 2.70 bits per heavy atom. The fraction of sp³-hybridized carbons (Fsp3) is 0.450. The van der Waals surface area contributed by atoms with Crippen molar-refractivity contribution in [3.05, 3.63) is 39.7 Å². The van der Waals surface area contributed by atoms with Gasteiger partial charge in [-0.05, 0) is 18.9 Å². The number of hydrogen-bond acceptors (Lipinski definition) is 5. The van der Waals surface area contributed by atoms with Gasteiger partial charge in [0, 0.05) is 32.3 Å². The standard InChI is InChI=1S/C20H21F2N3O5/c1-10(26)23-7-12-9-30-5-4-24(12)18-15(21)6-13-17(16(18)22)25(11-2-3-11)8-14(19(13)27)20(28)29/h6,8,11-12H,2-5,7,9H2,1H3,(H,23,26)(H,28,29). The van der Waals surface area contributed by atoms with E-state index in [4.69, 9.17) is 4.74 Å². The van der Waals surface area contributed by atoms with E-state index in [-0.39, 0.29) is 54.8 Å². The molecule has 1 aromatic carbocycles. The Kier molecular flexibility index (Phi) is 5.19. The number of carbonyl (C=O) groups excluding carboxylic acids is 1. The van der Waals surface area contributed by atoms with Gasteiger partial charge in [0.25, 0.3) is 0 Å².